The highest BCUT2D eigenvalue weighted by Gasteiger charge is 2.54. The molecule has 1 amide bonds. The van der Waals surface area contributed by atoms with Crippen molar-refractivity contribution in [2.75, 3.05) is 56.2 Å². The summed E-state index contributed by atoms with van der Waals surface area (Å²) in [5.41, 5.74) is 6.42. The summed E-state index contributed by atoms with van der Waals surface area (Å²) in [7, 11) is 1.97. The number of nitriles is 1. The molecule has 11 heteroatoms. The zero-order valence-corrected chi connectivity index (χ0v) is 24.0. The second-order valence-electron chi connectivity index (χ2n) is 11.9. The number of anilines is 3. The maximum absolute atomic E-state index is 13.5. The van der Waals surface area contributed by atoms with E-state index in [0.29, 0.717) is 40.1 Å². The zero-order chi connectivity index (χ0) is 28.6. The van der Waals surface area contributed by atoms with Crippen LogP contribution in [0.1, 0.15) is 22.6 Å². The van der Waals surface area contributed by atoms with E-state index in [2.05, 4.69) is 17.0 Å². The minimum Gasteiger partial charge on any atom is -0.381 e. The van der Waals surface area contributed by atoms with Crippen molar-refractivity contribution in [3.63, 3.8) is 0 Å². The fourth-order valence-electron chi connectivity index (χ4n) is 6.78. The molecule has 42 heavy (non-hydrogen) atoms. The first kappa shape index (κ1) is 25.6. The summed E-state index contributed by atoms with van der Waals surface area (Å²) in [5, 5.41) is 11.5. The number of carbonyl (C=O) groups excluding carboxylic acids is 1. The number of thiazole rings is 1. The molecule has 0 bridgehead atoms. The van der Waals surface area contributed by atoms with Gasteiger partial charge in [0.1, 0.15) is 22.5 Å². The van der Waals surface area contributed by atoms with Gasteiger partial charge in [-0.3, -0.25) is 4.79 Å². The number of hydrogen-bond acceptors (Lipinski definition) is 9. The molecule has 3 aromatic heterocycles. The van der Waals surface area contributed by atoms with E-state index in [0.717, 1.165) is 67.9 Å². The monoisotopic (exact) mass is 581 g/mol. The minimum atomic E-state index is -0.328. The quantitative estimate of drug-likeness (QED) is 0.344. The molecule has 0 saturated carbocycles. The Morgan fingerprint density at radius 3 is 2.69 bits per heavy atom. The lowest BCUT2D eigenvalue weighted by molar-refractivity contribution is -0.149. The number of halogens is 1. The highest BCUT2D eigenvalue weighted by molar-refractivity contribution is 7.16. The number of ether oxygens (including phenoxy) is 1. The van der Waals surface area contributed by atoms with Crippen LogP contribution < -0.4 is 9.80 Å². The van der Waals surface area contributed by atoms with Crippen molar-refractivity contribution in [2.24, 2.45) is 11.3 Å². The van der Waals surface area contributed by atoms with Crippen LogP contribution in [0.4, 0.5) is 20.9 Å². The second kappa shape index (κ2) is 9.44. The number of carbonyl (C=O) groups is 1. The molecule has 4 aliphatic rings. The predicted octanol–water partition coefficient (Wildman–Crippen LogP) is 4.32. The topological polar surface area (TPSA) is 98.5 Å². The van der Waals surface area contributed by atoms with E-state index in [1.54, 1.807) is 12.1 Å². The van der Waals surface area contributed by atoms with Crippen LogP contribution in [0.15, 0.2) is 36.5 Å². The number of amides is 1. The Morgan fingerprint density at radius 1 is 1.19 bits per heavy atom. The summed E-state index contributed by atoms with van der Waals surface area (Å²) >= 11 is 1.33. The smallest absolute Gasteiger partial charge is 0.228 e. The Labute approximate surface area is 246 Å². The summed E-state index contributed by atoms with van der Waals surface area (Å²) in [4.78, 5) is 34.1. The average Bonchev–Trinajstić information content (AvgIpc) is 3.63. The molecule has 0 radical (unpaired) electrons. The molecule has 0 unspecified atom stereocenters. The maximum atomic E-state index is 13.5. The molecule has 0 N–H and O–H groups in total. The van der Waals surface area contributed by atoms with Crippen LogP contribution >= 0.6 is 11.3 Å². The van der Waals surface area contributed by atoms with Crippen LogP contribution in [-0.2, 0) is 22.4 Å². The van der Waals surface area contributed by atoms with E-state index in [-0.39, 0.29) is 23.1 Å². The van der Waals surface area contributed by atoms with Gasteiger partial charge in [0.25, 0.3) is 0 Å². The summed E-state index contributed by atoms with van der Waals surface area (Å²) in [5.74, 6) is -0.0615. The van der Waals surface area contributed by atoms with Crippen LogP contribution in [0.5, 0.6) is 0 Å². The van der Waals surface area contributed by atoms with Gasteiger partial charge in [-0.2, -0.15) is 5.26 Å². The molecule has 9 nitrogen and oxygen atoms in total. The summed E-state index contributed by atoms with van der Waals surface area (Å²) in [6.07, 6.45) is 4.57. The molecule has 3 fully saturated rings. The SMILES string of the molecule is CN(c1nc(-c2ccc(F)cc2)c(C#N)s1)c1c2c(nc3ncc(N4CC5(CN(C(=O)[C@@H]6CCOC6)C5)C4)cc13)CC2. The van der Waals surface area contributed by atoms with E-state index in [9.17, 15) is 14.4 Å². The van der Waals surface area contributed by atoms with Crippen LogP contribution in [0.25, 0.3) is 22.3 Å². The number of rotatable bonds is 5. The lowest BCUT2D eigenvalue weighted by Crippen LogP contribution is -2.73. The number of pyridine rings is 2. The average molecular weight is 582 g/mol. The number of aromatic nitrogens is 3. The Bertz CT molecular complexity index is 1780. The van der Waals surface area contributed by atoms with Crippen molar-refractivity contribution < 1.29 is 13.9 Å². The Hall–Kier alpha value is -4.14. The molecule has 1 aliphatic carbocycles. The Balaban J connectivity index is 1.07. The van der Waals surface area contributed by atoms with Crippen LogP contribution in [-0.4, -0.2) is 72.2 Å². The number of benzene rings is 1. The number of fused-ring (bicyclic) bond motifs is 2. The lowest BCUT2D eigenvalue weighted by atomic mass is 9.72. The first-order valence-electron chi connectivity index (χ1n) is 14.2. The van der Waals surface area contributed by atoms with Crippen molar-refractivity contribution in [3.05, 3.63) is 58.5 Å². The van der Waals surface area contributed by atoms with Crippen LogP contribution in [0, 0.1) is 28.5 Å². The molecular formula is C31H28FN7O2S. The van der Waals surface area contributed by atoms with Crippen molar-refractivity contribution in [1.29, 1.82) is 5.26 Å². The Kier molecular flexibility index (Phi) is 5.75. The van der Waals surface area contributed by atoms with E-state index in [1.165, 1.54) is 29.0 Å². The third kappa shape index (κ3) is 3.96. The van der Waals surface area contributed by atoms with Crippen molar-refractivity contribution >= 4 is 44.8 Å². The van der Waals surface area contributed by atoms with Crippen molar-refractivity contribution in [1.82, 2.24) is 19.9 Å². The van der Waals surface area contributed by atoms with Crippen LogP contribution in [0.3, 0.4) is 0 Å². The van der Waals surface area contributed by atoms with Gasteiger partial charge in [-0.25, -0.2) is 19.3 Å². The highest BCUT2D eigenvalue weighted by Crippen LogP contribution is 2.46. The molecule has 3 saturated heterocycles. The number of likely N-dealkylation sites (tertiary alicyclic amines) is 1. The van der Waals surface area contributed by atoms with E-state index in [4.69, 9.17) is 19.7 Å². The predicted molar refractivity (Wildman–Crippen MR) is 157 cm³/mol. The first-order valence-corrected chi connectivity index (χ1v) is 15.1. The third-order valence-electron chi connectivity index (χ3n) is 9.11. The van der Waals surface area contributed by atoms with E-state index < -0.39 is 0 Å². The van der Waals surface area contributed by atoms with Gasteiger partial charge in [-0.1, -0.05) is 11.3 Å². The van der Waals surface area contributed by atoms with Crippen molar-refractivity contribution in [3.8, 4) is 17.3 Å². The molecule has 8 rings (SSSR count). The molecule has 1 spiro atoms. The number of nitrogens with zero attached hydrogens (tertiary/aromatic N) is 7. The largest absolute Gasteiger partial charge is 0.381 e. The van der Waals surface area contributed by atoms with Crippen molar-refractivity contribution in [2.45, 2.75) is 19.3 Å². The summed E-state index contributed by atoms with van der Waals surface area (Å²) < 4.78 is 19.0. The van der Waals surface area contributed by atoms with Crippen LogP contribution in [0.2, 0.25) is 0 Å². The van der Waals surface area contributed by atoms with Gasteiger partial charge in [0.05, 0.1) is 30.1 Å². The van der Waals surface area contributed by atoms with E-state index in [1.807, 2.05) is 23.0 Å². The molecule has 6 heterocycles. The Morgan fingerprint density at radius 2 is 2.00 bits per heavy atom. The zero-order valence-electron chi connectivity index (χ0n) is 23.1. The molecule has 3 aliphatic heterocycles. The molecular weight excluding hydrogens is 553 g/mol. The number of hydrogen-bond donors (Lipinski definition) is 0. The minimum absolute atomic E-state index is 0.0256. The summed E-state index contributed by atoms with van der Waals surface area (Å²) in [6, 6.07) is 10.5. The maximum Gasteiger partial charge on any atom is 0.228 e. The summed E-state index contributed by atoms with van der Waals surface area (Å²) in [6.45, 7) is 4.65. The van der Waals surface area contributed by atoms with Gasteiger partial charge < -0.3 is 19.4 Å². The molecule has 1 aromatic carbocycles. The van der Waals surface area contributed by atoms with Gasteiger partial charge in [0, 0.05) is 61.9 Å². The molecule has 212 valence electrons. The highest BCUT2D eigenvalue weighted by atomic mass is 32.1. The van der Waals surface area contributed by atoms with Gasteiger partial charge in [-0.15, -0.1) is 0 Å². The second-order valence-corrected chi connectivity index (χ2v) is 12.9. The molecule has 1 atom stereocenters. The number of aryl methyl sites for hydroxylation is 1. The van der Waals surface area contributed by atoms with E-state index >= 15 is 0 Å². The molecule has 4 aromatic rings. The van der Waals surface area contributed by atoms with Gasteiger partial charge >= 0.3 is 0 Å². The lowest BCUT2D eigenvalue weighted by Gasteiger charge is -2.61. The van der Waals surface area contributed by atoms with Gasteiger partial charge in [0.15, 0.2) is 10.8 Å². The van der Waals surface area contributed by atoms with Gasteiger partial charge in [-0.05, 0) is 55.2 Å². The van der Waals surface area contributed by atoms with Gasteiger partial charge in [0.2, 0.25) is 5.91 Å². The first-order chi connectivity index (χ1) is 20.4. The fraction of sp³-hybridized carbons (Fsp3) is 0.387. The normalized spacial score (nSPS) is 20.1. The fourth-order valence-corrected chi connectivity index (χ4v) is 7.63. The standard InChI is InChI=1S/C31H28FN7O2S/c1-37(30-36-26(25(11-33)42-30)18-2-4-20(32)5-3-18)27-22-6-7-24(22)35-28-23(27)10-21(12-34-28)38-14-31(15-38)16-39(17-31)29(40)19-8-9-41-13-19/h2-5,10,12,19H,6-9,13-17H2,1H3/t19-/m1/s1. The third-order valence-corrected chi connectivity index (χ3v) is 10.1.